The molecule has 2 N–H and O–H groups in total. The van der Waals surface area contributed by atoms with Gasteiger partial charge in [0.2, 0.25) is 0 Å². The van der Waals surface area contributed by atoms with Crippen molar-refractivity contribution in [1.82, 2.24) is 15.5 Å². The summed E-state index contributed by atoms with van der Waals surface area (Å²) in [5, 5.41) is 10.6. The zero-order valence-corrected chi connectivity index (χ0v) is 10.0. The fourth-order valence-electron chi connectivity index (χ4n) is 1.39. The van der Waals surface area contributed by atoms with Crippen LogP contribution in [0, 0.1) is 13.8 Å². The normalized spacial score (nSPS) is 10.8. The molecule has 0 amide bonds. The molecule has 0 unspecified atom stereocenters. The molecule has 0 aliphatic rings. The molecule has 3 nitrogen and oxygen atoms in total. The first kappa shape index (κ1) is 11.6. The molecule has 0 saturated heterocycles. The Kier molecular flexibility index (Phi) is 5.04. The third-order valence-corrected chi connectivity index (χ3v) is 2.98. The van der Waals surface area contributed by atoms with E-state index in [2.05, 4.69) is 28.7 Å². The smallest absolute Gasteiger partial charge is 0.0638 e. The van der Waals surface area contributed by atoms with Gasteiger partial charge in [0.05, 0.1) is 5.69 Å². The predicted molar refractivity (Wildman–Crippen MR) is 62.8 cm³/mol. The summed E-state index contributed by atoms with van der Waals surface area (Å²) in [4.78, 5) is 0. The molecule has 0 aliphatic carbocycles. The van der Waals surface area contributed by atoms with Crippen LogP contribution in [0.4, 0.5) is 0 Å². The summed E-state index contributed by atoms with van der Waals surface area (Å²) in [5.74, 6) is 1.23. The highest BCUT2D eigenvalue weighted by molar-refractivity contribution is 7.98. The van der Waals surface area contributed by atoms with E-state index in [1.54, 1.807) is 0 Å². The maximum atomic E-state index is 4.16. The van der Waals surface area contributed by atoms with Crippen LogP contribution in [0.3, 0.4) is 0 Å². The first-order chi connectivity index (χ1) is 6.75. The van der Waals surface area contributed by atoms with Crippen molar-refractivity contribution in [3.63, 3.8) is 0 Å². The number of hydrogen-bond acceptors (Lipinski definition) is 3. The Morgan fingerprint density at radius 2 is 2.21 bits per heavy atom. The lowest BCUT2D eigenvalue weighted by Gasteiger charge is -2.03. The molecule has 0 saturated carbocycles. The molecule has 1 rings (SSSR count). The van der Waals surface area contributed by atoms with Crippen molar-refractivity contribution in [2.24, 2.45) is 0 Å². The van der Waals surface area contributed by atoms with Crippen LogP contribution < -0.4 is 5.32 Å². The molecule has 4 heteroatoms. The number of aromatic nitrogens is 2. The first-order valence-electron chi connectivity index (χ1n) is 4.95. The van der Waals surface area contributed by atoms with Gasteiger partial charge in [-0.2, -0.15) is 16.9 Å². The lowest BCUT2D eigenvalue weighted by molar-refractivity contribution is 0.675. The lowest BCUT2D eigenvalue weighted by Crippen LogP contribution is -2.16. The van der Waals surface area contributed by atoms with E-state index in [1.165, 1.54) is 23.4 Å². The highest BCUT2D eigenvalue weighted by atomic mass is 32.2. The average molecular weight is 213 g/mol. The van der Waals surface area contributed by atoms with Crippen LogP contribution in [-0.4, -0.2) is 28.8 Å². The number of nitrogens with one attached hydrogen (secondary N) is 2. The van der Waals surface area contributed by atoms with Gasteiger partial charge in [0.15, 0.2) is 0 Å². The second-order valence-corrected chi connectivity index (χ2v) is 4.42. The van der Waals surface area contributed by atoms with Crippen LogP contribution in [0.5, 0.6) is 0 Å². The molecule has 0 radical (unpaired) electrons. The number of aromatic amines is 1. The summed E-state index contributed by atoms with van der Waals surface area (Å²) in [5.41, 5.74) is 3.61. The van der Waals surface area contributed by atoms with Crippen LogP contribution in [0.2, 0.25) is 0 Å². The molecule has 1 aromatic heterocycles. The zero-order chi connectivity index (χ0) is 10.4. The first-order valence-corrected chi connectivity index (χ1v) is 6.35. The minimum atomic E-state index is 0.933. The molecule has 1 aromatic rings. The Bertz CT molecular complexity index is 251. The molecular weight excluding hydrogens is 194 g/mol. The van der Waals surface area contributed by atoms with Crippen LogP contribution in [0.15, 0.2) is 0 Å². The van der Waals surface area contributed by atoms with E-state index in [0.29, 0.717) is 0 Å². The summed E-state index contributed by atoms with van der Waals surface area (Å²) in [6.45, 7) is 6.13. The average Bonchev–Trinajstić information content (AvgIpc) is 2.48. The lowest BCUT2D eigenvalue weighted by atomic mass is 10.2. The quantitative estimate of drug-likeness (QED) is 0.709. The van der Waals surface area contributed by atoms with Crippen LogP contribution in [0.1, 0.15) is 23.4 Å². The van der Waals surface area contributed by atoms with Crippen LogP contribution in [-0.2, 0) is 6.54 Å². The number of nitrogens with zero attached hydrogens (tertiary/aromatic N) is 1. The number of hydrogen-bond donors (Lipinski definition) is 2. The molecular formula is C10H19N3S. The van der Waals surface area contributed by atoms with E-state index < -0.39 is 0 Å². The molecule has 0 aromatic carbocycles. The third-order valence-electron chi connectivity index (χ3n) is 2.28. The minimum absolute atomic E-state index is 0.933. The largest absolute Gasteiger partial charge is 0.313 e. The minimum Gasteiger partial charge on any atom is -0.313 e. The molecule has 0 aliphatic heterocycles. The van der Waals surface area contributed by atoms with Crippen molar-refractivity contribution in [2.75, 3.05) is 18.6 Å². The van der Waals surface area contributed by atoms with Crippen LogP contribution >= 0.6 is 11.8 Å². The van der Waals surface area contributed by atoms with Crippen molar-refractivity contribution < 1.29 is 0 Å². The van der Waals surface area contributed by atoms with Crippen molar-refractivity contribution in [3.05, 3.63) is 17.0 Å². The van der Waals surface area contributed by atoms with E-state index in [1.807, 2.05) is 18.7 Å². The summed E-state index contributed by atoms with van der Waals surface area (Å²) in [6.07, 6.45) is 3.38. The van der Waals surface area contributed by atoms with Gasteiger partial charge in [0.25, 0.3) is 0 Å². The maximum absolute atomic E-state index is 4.16. The highest BCUT2D eigenvalue weighted by Crippen LogP contribution is 2.08. The van der Waals surface area contributed by atoms with E-state index in [4.69, 9.17) is 0 Å². The Morgan fingerprint density at radius 3 is 2.79 bits per heavy atom. The second-order valence-electron chi connectivity index (χ2n) is 3.44. The molecule has 0 fully saturated rings. The van der Waals surface area contributed by atoms with Gasteiger partial charge in [-0.1, -0.05) is 0 Å². The van der Waals surface area contributed by atoms with Gasteiger partial charge in [0, 0.05) is 17.8 Å². The molecule has 0 atom stereocenters. The van der Waals surface area contributed by atoms with Gasteiger partial charge in [-0.05, 0) is 38.8 Å². The molecule has 0 spiro atoms. The Balaban J connectivity index is 2.24. The Labute approximate surface area is 90.1 Å². The fourth-order valence-corrected chi connectivity index (χ4v) is 1.82. The van der Waals surface area contributed by atoms with Gasteiger partial charge >= 0.3 is 0 Å². The summed E-state index contributed by atoms with van der Waals surface area (Å²) in [6, 6.07) is 0. The molecule has 80 valence electrons. The third kappa shape index (κ3) is 3.35. The monoisotopic (exact) mass is 213 g/mol. The number of aryl methyl sites for hydroxylation is 2. The summed E-state index contributed by atoms with van der Waals surface area (Å²) >= 11 is 1.90. The van der Waals surface area contributed by atoms with E-state index in [9.17, 15) is 0 Å². The van der Waals surface area contributed by atoms with Crippen molar-refractivity contribution in [2.45, 2.75) is 26.8 Å². The Hall–Kier alpha value is -0.480. The molecule has 0 bridgehead atoms. The van der Waals surface area contributed by atoms with Crippen molar-refractivity contribution in [3.8, 4) is 0 Å². The molecule has 14 heavy (non-hydrogen) atoms. The van der Waals surface area contributed by atoms with E-state index >= 15 is 0 Å². The van der Waals surface area contributed by atoms with E-state index in [0.717, 1.165) is 18.8 Å². The van der Waals surface area contributed by atoms with Crippen LogP contribution in [0.25, 0.3) is 0 Å². The van der Waals surface area contributed by atoms with Gasteiger partial charge in [0.1, 0.15) is 0 Å². The maximum Gasteiger partial charge on any atom is 0.0638 e. The number of rotatable bonds is 6. The van der Waals surface area contributed by atoms with Gasteiger partial charge in [-0.3, -0.25) is 5.10 Å². The predicted octanol–water partition coefficient (Wildman–Crippen LogP) is 1.87. The summed E-state index contributed by atoms with van der Waals surface area (Å²) < 4.78 is 0. The topological polar surface area (TPSA) is 40.7 Å². The highest BCUT2D eigenvalue weighted by Gasteiger charge is 2.04. The standard InChI is InChI=1S/C10H19N3S/c1-8-10(9(2)13-12-8)7-11-5-4-6-14-3/h11H,4-7H2,1-3H3,(H,12,13). The fraction of sp³-hybridized carbons (Fsp3) is 0.700. The summed E-state index contributed by atoms with van der Waals surface area (Å²) in [7, 11) is 0. The SMILES string of the molecule is CSCCCNCc1c(C)n[nH]c1C. The van der Waals surface area contributed by atoms with E-state index in [-0.39, 0.29) is 0 Å². The second kappa shape index (κ2) is 6.09. The van der Waals surface area contributed by atoms with Crippen molar-refractivity contribution >= 4 is 11.8 Å². The van der Waals surface area contributed by atoms with Gasteiger partial charge in [-0.15, -0.1) is 0 Å². The molecule has 1 heterocycles. The number of thioether (sulfide) groups is 1. The Morgan fingerprint density at radius 1 is 1.43 bits per heavy atom. The van der Waals surface area contributed by atoms with Crippen molar-refractivity contribution in [1.29, 1.82) is 0 Å². The number of H-pyrrole nitrogens is 1. The zero-order valence-electron chi connectivity index (χ0n) is 9.18. The van der Waals surface area contributed by atoms with Gasteiger partial charge in [-0.25, -0.2) is 0 Å². The van der Waals surface area contributed by atoms with Gasteiger partial charge < -0.3 is 5.32 Å².